The molecule has 0 unspecified atom stereocenters. The van der Waals surface area contributed by atoms with Crippen LogP contribution < -0.4 is 10.5 Å². The van der Waals surface area contributed by atoms with Crippen molar-refractivity contribution in [1.29, 1.82) is 0 Å². The number of nitrogens with two attached hydrogens (primary N) is 1. The van der Waals surface area contributed by atoms with Gasteiger partial charge in [-0.05, 0) is 30.7 Å². The standard InChI is InChI=1S/C14H16F3N3O/c1-3-4-11-19-12(13(18)20(11)2)9-5-7-10(8-6-9)21-14(15,16)17/h5-8H,3-4,18H2,1-2H3. The quantitative estimate of drug-likeness (QED) is 0.939. The summed E-state index contributed by atoms with van der Waals surface area (Å²) in [4.78, 5) is 4.45. The highest BCUT2D eigenvalue weighted by Gasteiger charge is 2.31. The zero-order valence-corrected chi connectivity index (χ0v) is 11.7. The number of imidazole rings is 1. The van der Waals surface area contributed by atoms with E-state index in [2.05, 4.69) is 9.72 Å². The van der Waals surface area contributed by atoms with Crippen LogP contribution in [0.15, 0.2) is 24.3 Å². The minimum absolute atomic E-state index is 0.269. The van der Waals surface area contributed by atoms with Gasteiger partial charge in [-0.1, -0.05) is 6.92 Å². The number of alkyl halides is 3. The molecule has 0 spiro atoms. The van der Waals surface area contributed by atoms with Crippen LogP contribution in [0.5, 0.6) is 5.75 Å². The molecule has 0 aliphatic heterocycles. The summed E-state index contributed by atoms with van der Waals surface area (Å²) in [6.45, 7) is 2.04. The maximum atomic E-state index is 12.1. The molecule has 1 heterocycles. The van der Waals surface area contributed by atoms with Gasteiger partial charge in [0.1, 0.15) is 23.1 Å². The van der Waals surface area contributed by atoms with Gasteiger partial charge in [0, 0.05) is 19.0 Å². The molecule has 2 N–H and O–H groups in total. The highest BCUT2D eigenvalue weighted by molar-refractivity contribution is 5.71. The fourth-order valence-corrected chi connectivity index (χ4v) is 2.03. The largest absolute Gasteiger partial charge is 0.573 e. The molecule has 0 saturated carbocycles. The Balaban J connectivity index is 2.29. The summed E-state index contributed by atoms with van der Waals surface area (Å²) < 4.78 is 42.0. The number of anilines is 1. The first-order valence-corrected chi connectivity index (χ1v) is 6.49. The lowest BCUT2D eigenvalue weighted by Gasteiger charge is -2.09. The van der Waals surface area contributed by atoms with Gasteiger partial charge in [0.25, 0.3) is 0 Å². The third-order valence-corrected chi connectivity index (χ3v) is 3.07. The molecule has 21 heavy (non-hydrogen) atoms. The van der Waals surface area contributed by atoms with E-state index in [1.165, 1.54) is 24.3 Å². The first kappa shape index (κ1) is 15.2. The second-order valence-corrected chi connectivity index (χ2v) is 4.64. The van der Waals surface area contributed by atoms with Crippen LogP contribution in [-0.2, 0) is 13.5 Å². The Bertz CT molecular complexity index is 618. The Morgan fingerprint density at radius 3 is 2.38 bits per heavy atom. The maximum absolute atomic E-state index is 12.1. The molecule has 1 aromatic heterocycles. The number of benzene rings is 1. The molecule has 0 saturated heterocycles. The smallest absolute Gasteiger partial charge is 0.406 e. The van der Waals surface area contributed by atoms with Crippen molar-refractivity contribution < 1.29 is 17.9 Å². The van der Waals surface area contributed by atoms with Crippen molar-refractivity contribution in [2.24, 2.45) is 7.05 Å². The molecule has 2 rings (SSSR count). The van der Waals surface area contributed by atoms with Gasteiger partial charge in [0.2, 0.25) is 0 Å². The number of aryl methyl sites for hydroxylation is 1. The van der Waals surface area contributed by atoms with E-state index in [1.54, 1.807) is 4.57 Å². The van der Waals surface area contributed by atoms with E-state index in [0.29, 0.717) is 17.1 Å². The number of hydrogen-bond donors (Lipinski definition) is 1. The van der Waals surface area contributed by atoms with E-state index in [9.17, 15) is 13.2 Å². The summed E-state index contributed by atoms with van der Waals surface area (Å²) in [5, 5.41) is 0. The lowest BCUT2D eigenvalue weighted by Crippen LogP contribution is -2.16. The van der Waals surface area contributed by atoms with E-state index >= 15 is 0 Å². The van der Waals surface area contributed by atoms with Crippen molar-refractivity contribution in [1.82, 2.24) is 9.55 Å². The molecule has 0 radical (unpaired) electrons. The fourth-order valence-electron chi connectivity index (χ4n) is 2.03. The van der Waals surface area contributed by atoms with Crippen LogP contribution in [0.3, 0.4) is 0 Å². The van der Waals surface area contributed by atoms with Gasteiger partial charge in [0.05, 0.1) is 0 Å². The second-order valence-electron chi connectivity index (χ2n) is 4.64. The molecule has 0 aliphatic carbocycles. The number of nitrogens with zero attached hydrogens (tertiary/aromatic N) is 2. The molecule has 2 aromatic rings. The van der Waals surface area contributed by atoms with E-state index in [0.717, 1.165) is 18.7 Å². The molecular formula is C14H16F3N3O. The lowest BCUT2D eigenvalue weighted by atomic mass is 10.1. The van der Waals surface area contributed by atoms with Crippen molar-refractivity contribution in [3.05, 3.63) is 30.1 Å². The molecule has 4 nitrogen and oxygen atoms in total. The minimum atomic E-state index is -4.69. The Morgan fingerprint density at radius 1 is 1.24 bits per heavy atom. The van der Waals surface area contributed by atoms with Crippen LogP contribution in [-0.4, -0.2) is 15.9 Å². The van der Waals surface area contributed by atoms with Crippen molar-refractivity contribution in [3.63, 3.8) is 0 Å². The summed E-state index contributed by atoms with van der Waals surface area (Å²) in [6.07, 6.45) is -2.97. The van der Waals surface area contributed by atoms with Gasteiger partial charge < -0.3 is 15.0 Å². The lowest BCUT2D eigenvalue weighted by molar-refractivity contribution is -0.274. The number of hydrogen-bond acceptors (Lipinski definition) is 3. The molecule has 0 amide bonds. The van der Waals surface area contributed by atoms with E-state index in [4.69, 9.17) is 5.73 Å². The van der Waals surface area contributed by atoms with Crippen LogP contribution in [0.1, 0.15) is 19.2 Å². The zero-order valence-electron chi connectivity index (χ0n) is 11.7. The summed E-state index contributed by atoms with van der Waals surface area (Å²) in [7, 11) is 1.82. The molecule has 0 aliphatic rings. The highest BCUT2D eigenvalue weighted by atomic mass is 19.4. The predicted molar refractivity (Wildman–Crippen MR) is 73.7 cm³/mol. The molecule has 0 atom stereocenters. The second kappa shape index (κ2) is 5.67. The number of ether oxygens (including phenoxy) is 1. The molecule has 7 heteroatoms. The number of rotatable bonds is 4. The molecule has 114 valence electrons. The van der Waals surface area contributed by atoms with Crippen LogP contribution in [0.2, 0.25) is 0 Å². The Hall–Kier alpha value is -2.18. The third-order valence-electron chi connectivity index (χ3n) is 3.07. The van der Waals surface area contributed by atoms with Gasteiger partial charge in [-0.25, -0.2) is 4.98 Å². The van der Waals surface area contributed by atoms with E-state index in [-0.39, 0.29) is 5.75 Å². The van der Waals surface area contributed by atoms with Gasteiger partial charge in [-0.2, -0.15) is 0 Å². The summed E-state index contributed by atoms with van der Waals surface area (Å²) >= 11 is 0. The van der Waals surface area contributed by atoms with Crippen molar-refractivity contribution >= 4 is 5.82 Å². The topological polar surface area (TPSA) is 53.1 Å². The first-order valence-electron chi connectivity index (χ1n) is 6.49. The summed E-state index contributed by atoms with van der Waals surface area (Å²) in [5.74, 6) is 1.07. The molecule has 0 fully saturated rings. The van der Waals surface area contributed by atoms with Gasteiger partial charge in [-0.3, -0.25) is 0 Å². The summed E-state index contributed by atoms with van der Waals surface area (Å²) in [6, 6.07) is 5.51. The van der Waals surface area contributed by atoms with E-state index in [1.807, 2.05) is 14.0 Å². The van der Waals surface area contributed by atoms with Gasteiger partial charge in [0.15, 0.2) is 0 Å². The Kier molecular flexibility index (Phi) is 4.11. The molecule has 1 aromatic carbocycles. The first-order chi connectivity index (χ1) is 9.81. The predicted octanol–water partition coefficient (Wildman–Crippen LogP) is 3.52. The highest BCUT2D eigenvalue weighted by Crippen LogP contribution is 2.29. The van der Waals surface area contributed by atoms with Crippen LogP contribution in [0.25, 0.3) is 11.3 Å². The van der Waals surface area contributed by atoms with Gasteiger partial charge in [-0.15, -0.1) is 13.2 Å². The fraction of sp³-hybridized carbons (Fsp3) is 0.357. The number of halogens is 3. The average Bonchev–Trinajstić information content (AvgIpc) is 2.67. The zero-order chi connectivity index (χ0) is 15.6. The molecular weight excluding hydrogens is 283 g/mol. The summed E-state index contributed by atoms with van der Waals surface area (Å²) in [5.41, 5.74) is 7.22. The van der Waals surface area contributed by atoms with Crippen LogP contribution in [0, 0.1) is 0 Å². The van der Waals surface area contributed by atoms with Crippen molar-refractivity contribution in [2.75, 3.05) is 5.73 Å². The number of aromatic nitrogens is 2. The Morgan fingerprint density at radius 2 is 1.86 bits per heavy atom. The average molecular weight is 299 g/mol. The van der Waals surface area contributed by atoms with Crippen molar-refractivity contribution in [2.45, 2.75) is 26.1 Å². The van der Waals surface area contributed by atoms with Crippen LogP contribution >= 0.6 is 0 Å². The van der Waals surface area contributed by atoms with E-state index < -0.39 is 6.36 Å². The monoisotopic (exact) mass is 299 g/mol. The SMILES string of the molecule is CCCc1nc(-c2ccc(OC(F)(F)F)cc2)c(N)n1C. The van der Waals surface area contributed by atoms with Crippen LogP contribution in [0.4, 0.5) is 19.0 Å². The Labute approximate surface area is 120 Å². The minimum Gasteiger partial charge on any atom is -0.406 e. The molecule has 0 bridgehead atoms. The maximum Gasteiger partial charge on any atom is 0.573 e. The van der Waals surface area contributed by atoms with Crippen molar-refractivity contribution in [3.8, 4) is 17.0 Å². The normalized spacial score (nSPS) is 11.7. The van der Waals surface area contributed by atoms with Gasteiger partial charge >= 0.3 is 6.36 Å². The number of nitrogen functional groups attached to an aromatic ring is 1. The third kappa shape index (κ3) is 3.48.